The van der Waals surface area contributed by atoms with E-state index in [2.05, 4.69) is 9.97 Å². The van der Waals surface area contributed by atoms with Gasteiger partial charge < -0.3 is 16.1 Å². The second-order valence-corrected chi connectivity index (χ2v) is 3.23. The predicted octanol–water partition coefficient (Wildman–Crippen LogP) is 0.872. The maximum absolute atomic E-state index is 11.5. The van der Waals surface area contributed by atoms with Crippen molar-refractivity contribution < 1.29 is 0 Å². The molecule has 0 aliphatic heterocycles. The third-order valence-corrected chi connectivity index (χ3v) is 2.31. The van der Waals surface area contributed by atoms with Crippen molar-refractivity contribution in [3.8, 4) is 0 Å². The molecule has 1 heterocycles. The summed E-state index contributed by atoms with van der Waals surface area (Å²) in [5.41, 5.74) is 7.09. The van der Waals surface area contributed by atoms with Crippen molar-refractivity contribution in [2.24, 2.45) is 5.73 Å². The van der Waals surface area contributed by atoms with Gasteiger partial charge in [0, 0.05) is 18.0 Å². The summed E-state index contributed by atoms with van der Waals surface area (Å²) in [7, 11) is 0. The Hall–Kier alpha value is -2.43. The van der Waals surface area contributed by atoms with Crippen LogP contribution in [0.1, 0.15) is 5.56 Å². The Labute approximate surface area is 91.1 Å². The van der Waals surface area contributed by atoms with Crippen molar-refractivity contribution in [2.75, 3.05) is 0 Å². The summed E-state index contributed by atoms with van der Waals surface area (Å²) < 4.78 is 0. The molecule has 0 aliphatic carbocycles. The Bertz CT molecular complexity index is 627. The van der Waals surface area contributed by atoms with Gasteiger partial charge >= 0.3 is 0 Å². The molecule has 16 heavy (non-hydrogen) atoms. The number of hydrogen-bond donors (Lipinski definition) is 3. The molecular weight excluding hydrogens is 204 g/mol. The van der Waals surface area contributed by atoms with E-state index in [0.29, 0.717) is 16.5 Å². The van der Waals surface area contributed by atoms with Crippen LogP contribution in [0.3, 0.4) is 0 Å². The summed E-state index contributed by atoms with van der Waals surface area (Å²) in [4.78, 5) is 18.1. The molecular formula is C11H10N4O. The smallest absolute Gasteiger partial charge is 0.258 e. The van der Waals surface area contributed by atoms with Crippen LogP contribution in [-0.4, -0.2) is 16.2 Å². The van der Waals surface area contributed by atoms with Gasteiger partial charge in [0.15, 0.2) is 0 Å². The molecule has 0 unspecified atom stereocenters. The molecule has 0 radical (unpaired) electrons. The first-order valence-electron chi connectivity index (χ1n) is 4.66. The lowest BCUT2D eigenvalue weighted by molar-refractivity contribution is 1.17. The number of allylic oxidation sites excluding steroid dienone is 1. The summed E-state index contributed by atoms with van der Waals surface area (Å²) in [6, 6.07) is 5.18. The van der Waals surface area contributed by atoms with Crippen LogP contribution >= 0.6 is 0 Å². The predicted molar refractivity (Wildman–Crippen MR) is 63.3 cm³/mol. The largest absolute Gasteiger partial charge is 0.404 e. The van der Waals surface area contributed by atoms with E-state index >= 15 is 0 Å². The lowest BCUT2D eigenvalue weighted by Crippen LogP contribution is -2.06. The number of hydrogen-bond acceptors (Lipinski definition) is 4. The van der Waals surface area contributed by atoms with Crippen LogP contribution in [0.25, 0.3) is 16.5 Å². The van der Waals surface area contributed by atoms with E-state index < -0.39 is 0 Å². The summed E-state index contributed by atoms with van der Waals surface area (Å²) in [6.45, 7) is 0. The SMILES string of the molecule is N=CC(=CN)c1ccc2nc[nH]c(=O)c2c1. The zero-order valence-electron chi connectivity index (χ0n) is 8.40. The fraction of sp³-hybridized carbons (Fsp3) is 0. The molecule has 2 rings (SSSR count). The topological polar surface area (TPSA) is 95.6 Å². The fourth-order valence-electron chi connectivity index (χ4n) is 1.48. The van der Waals surface area contributed by atoms with Gasteiger partial charge in [0.05, 0.1) is 17.2 Å². The second kappa shape index (κ2) is 3.98. The van der Waals surface area contributed by atoms with Crippen LogP contribution < -0.4 is 11.3 Å². The van der Waals surface area contributed by atoms with E-state index in [1.807, 2.05) is 0 Å². The normalized spacial score (nSPS) is 11.6. The van der Waals surface area contributed by atoms with Gasteiger partial charge in [-0.3, -0.25) is 4.79 Å². The van der Waals surface area contributed by atoms with Gasteiger partial charge in [-0.1, -0.05) is 6.07 Å². The Kier molecular flexibility index (Phi) is 2.51. The Morgan fingerprint density at radius 1 is 1.50 bits per heavy atom. The minimum absolute atomic E-state index is 0.201. The highest BCUT2D eigenvalue weighted by atomic mass is 16.1. The van der Waals surface area contributed by atoms with Crippen molar-refractivity contribution >= 4 is 22.7 Å². The van der Waals surface area contributed by atoms with E-state index in [9.17, 15) is 4.79 Å². The van der Waals surface area contributed by atoms with E-state index in [0.717, 1.165) is 11.8 Å². The average molecular weight is 214 g/mol. The molecule has 0 saturated heterocycles. The molecule has 4 N–H and O–H groups in total. The van der Waals surface area contributed by atoms with Crippen LogP contribution in [0, 0.1) is 5.41 Å². The standard InChI is InChI=1S/C11H10N4O/c12-4-8(5-13)7-1-2-10-9(3-7)11(16)15-6-14-10/h1-6,12H,13H2,(H,14,15,16). The first-order valence-corrected chi connectivity index (χ1v) is 4.66. The Morgan fingerprint density at radius 2 is 2.31 bits per heavy atom. The molecule has 0 saturated carbocycles. The summed E-state index contributed by atoms with van der Waals surface area (Å²) in [6.07, 6.45) is 3.84. The maximum atomic E-state index is 11.5. The van der Waals surface area contributed by atoms with Crippen molar-refractivity contribution in [1.29, 1.82) is 5.41 Å². The first-order chi connectivity index (χ1) is 7.76. The van der Waals surface area contributed by atoms with Crippen molar-refractivity contribution in [2.45, 2.75) is 0 Å². The Morgan fingerprint density at radius 3 is 3.00 bits per heavy atom. The summed E-state index contributed by atoms with van der Waals surface area (Å²) in [5, 5.41) is 7.67. The van der Waals surface area contributed by atoms with Gasteiger partial charge in [0.1, 0.15) is 0 Å². The van der Waals surface area contributed by atoms with Gasteiger partial charge in [-0.05, 0) is 17.7 Å². The number of nitrogens with zero attached hydrogens (tertiary/aromatic N) is 1. The second-order valence-electron chi connectivity index (χ2n) is 3.23. The minimum atomic E-state index is -0.201. The zero-order valence-corrected chi connectivity index (χ0v) is 8.40. The third kappa shape index (κ3) is 1.58. The lowest BCUT2D eigenvalue weighted by Gasteiger charge is -2.01. The number of rotatable bonds is 2. The van der Waals surface area contributed by atoms with Crippen LogP contribution in [0.5, 0.6) is 0 Å². The van der Waals surface area contributed by atoms with Gasteiger partial charge in [0.2, 0.25) is 0 Å². The monoisotopic (exact) mass is 214 g/mol. The molecule has 0 fully saturated rings. The zero-order chi connectivity index (χ0) is 11.5. The lowest BCUT2D eigenvalue weighted by atomic mass is 10.1. The molecule has 0 bridgehead atoms. The van der Waals surface area contributed by atoms with E-state index in [1.54, 1.807) is 18.2 Å². The molecule has 1 aromatic heterocycles. The molecule has 0 amide bonds. The highest BCUT2D eigenvalue weighted by Crippen LogP contribution is 2.15. The van der Waals surface area contributed by atoms with Crippen LogP contribution in [0.4, 0.5) is 0 Å². The van der Waals surface area contributed by atoms with Crippen LogP contribution in [0.2, 0.25) is 0 Å². The average Bonchev–Trinajstić information content (AvgIpc) is 2.32. The summed E-state index contributed by atoms with van der Waals surface area (Å²) in [5.74, 6) is 0. The van der Waals surface area contributed by atoms with E-state index in [-0.39, 0.29) is 5.56 Å². The molecule has 2 aromatic rings. The number of aromatic amines is 1. The van der Waals surface area contributed by atoms with Gasteiger partial charge in [-0.15, -0.1) is 0 Å². The van der Waals surface area contributed by atoms with Gasteiger partial charge in [-0.25, -0.2) is 4.98 Å². The van der Waals surface area contributed by atoms with Crippen LogP contribution in [0.15, 0.2) is 35.5 Å². The first kappa shape index (κ1) is 10.1. The minimum Gasteiger partial charge on any atom is -0.404 e. The number of aromatic nitrogens is 2. The van der Waals surface area contributed by atoms with Gasteiger partial charge in [-0.2, -0.15) is 0 Å². The fourth-order valence-corrected chi connectivity index (χ4v) is 1.48. The maximum Gasteiger partial charge on any atom is 0.258 e. The van der Waals surface area contributed by atoms with E-state index in [4.69, 9.17) is 11.1 Å². The van der Waals surface area contributed by atoms with Crippen molar-refractivity contribution in [1.82, 2.24) is 9.97 Å². The third-order valence-electron chi connectivity index (χ3n) is 2.31. The molecule has 5 nitrogen and oxygen atoms in total. The Balaban J connectivity index is 2.73. The highest BCUT2D eigenvalue weighted by Gasteiger charge is 2.03. The molecule has 80 valence electrons. The van der Waals surface area contributed by atoms with Crippen molar-refractivity contribution in [3.63, 3.8) is 0 Å². The number of nitrogens with two attached hydrogens (primary N) is 1. The summed E-state index contributed by atoms with van der Waals surface area (Å²) >= 11 is 0. The highest BCUT2D eigenvalue weighted by molar-refractivity contribution is 6.09. The van der Waals surface area contributed by atoms with E-state index in [1.165, 1.54) is 12.5 Å². The molecule has 0 spiro atoms. The quantitative estimate of drug-likeness (QED) is 0.647. The van der Waals surface area contributed by atoms with Crippen molar-refractivity contribution in [3.05, 3.63) is 46.6 Å². The molecule has 0 aliphatic rings. The van der Waals surface area contributed by atoms with Crippen LogP contribution in [-0.2, 0) is 0 Å². The molecule has 1 aromatic carbocycles. The number of benzene rings is 1. The molecule has 0 atom stereocenters. The number of fused-ring (bicyclic) bond motifs is 1. The number of nitrogens with one attached hydrogen (secondary N) is 2. The number of H-pyrrole nitrogens is 1. The van der Waals surface area contributed by atoms with Gasteiger partial charge in [0.25, 0.3) is 5.56 Å². The molecule has 5 heteroatoms.